The lowest BCUT2D eigenvalue weighted by molar-refractivity contribution is 0.181. The van der Waals surface area contributed by atoms with Gasteiger partial charge in [0.2, 0.25) is 0 Å². The summed E-state index contributed by atoms with van der Waals surface area (Å²) in [5.74, 6) is 0. The van der Waals surface area contributed by atoms with Gasteiger partial charge >= 0.3 is 0 Å². The minimum absolute atomic E-state index is 0.377. The molecule has 0 spiro atoms. The molecule has 0 aliphatic heterocycles. The number of aryl methyl sites for hydroxylation is 1. The first-order valence-electron chi connectivity index (χ1n) is 6.50. The number of thiocarbonyl (C=S) groups is 1. The van der Waals surface area contributed by atoms with E-state index in [1.54, 1.807) is 0 Å². The van der Waals surface area contributed by atoms with Gasteiger partial charge in [-0.3, -0.25) is 0 Å². The monoisotopic (exact) mass is 286 g/mol. The molecule has 3 N–H and O–H groups in total. The van der Waals surface area contributed by atoms with E-state index in [0.717, 1.165) is 16.8 Å². The van der Waals surface area contributed by atoms with Crippen molar-refractivity contribution in [3.8, 4) is 0 Å². The summed E-state index contributed by atoms with van der Waals surface area (Å²) >= 11 is 5.23. The number of anilines is 1. The molecule has 0 fully saturated rings. The van der Waals surface area contributed by atoms with Gasteiger partial charge in [0.15, 0.2) is 5.11 Å². The predicted octanol–water partition coefficient (Wildman–Crippen LogP) is 3.02. The molecule has 0 radical (unpaired) electrons. The van der Waals surface area contributed by atoms with E-state index >= 15 is 0 Å². The quantitative estimate of drug-likeness (QED) is 0.756. The van der Waals surface area contributed by atoms with Gasteiger partial charge in [-0.25, -0.2) is 0 Å². The van der Waals surface area contributed by atoms with Gasteiger partial charge in [-0.15, -0.1) is 0 Å². The Balaban J connectivity index is 1.85. The SMILES string of the molecule is Cc1ccccc1NC(=S)NC[C@H](O)c1ccccc1. The van der Waals surface area contributed by atoms with Crippen LogP contribution in [0.15, 0.2) is 54.6 Å². The Hall–Kier alpha value is -1.91. The average molecular weight is 286 g/mol. The van der Waals surface area contributed by atoms with Gasteiger partial charge in [0.1, 0.15) is 0 Å². The van der Waals surface area contributed by atoms with E-state index in [1.165, 1.54) is 0 Å². The topological polar surface area (TPSA) is 44.3 Å². The van der Waals surface area contributed by atoms with E-state index < -0.39 is 6.10 Å². The molecule has 0 saturated heterocycles. The Morgan fingerprint density at radius 1 is 1.10 bits per heavy atom. The summed E-state index contributed by atoms with van der Waals surface area (Å²) in [5.41, 5.74) is 2.97. The number of benzene rings is 2. The fourth-order valence-corrected chi connectivity index (χ4v) is 2.06. The Kier molecular flexibility index (Phi) is 5.09. The number of nitrogens with one attached hydrogen (secondary N) is 2. The van der Waals surface area contributed by atoms with Crippen molar-refractivity contribution in [3.05, 3.63) is 65.7 Å². The van der Waals surface area contributed by atoms with Gasteiger partial charge in [-0.2, -0.15) is 0 Å². The van der Waals surface area contributed by atoms with Gasteiger partial charge in [0.05, 0.1) is 6.10 Å². The highest BCUT2D eigenvalue weighted by atomic mass is 32.1. The van der Waals surface area contributed by atoms with Crippen LogP contribution in [0.4, 0.5) is 5.69 Å². The highest BCUT2D eigenvalue weighted by molar-refractivity contribution is 7.80. The van der Waals surface area contributed by atoms with Crippen LogP contribution in [0, 0.1) is 6.92 Å². The van der Waals surface area contributed by atoms with E-state index in [2.05, 4.69) is 10.6 Å². The molecule has 2 aromatic carbocycles. The predicted molar refractivity (Wildman–Crippen MR) is 86.8 cm³/mol. The van der Waals surface area contributed by atoms with Crippen LogP contribution >= 0.6 is 12.2 Å². The summed E-state index contributed by atoms with van der Waals surface area (Å²) in [7, 11) is 0. The van der Waals surface area contributed by atoms with Gasteiger partial charge in [-0.1, -0.05) is 48.5 Å². The van der Waals surface area contributed by atoms with Crippen molar-refractivity contribution in [1.82, 2.24) is 5.32 Å². The first-order chi connectivity index (χ1) is 9.66. The first kappa shape index (κ1) is 14.5. The summed E-state index contributed by atoms with van der Waals surface area (Å²) in [6.07, 6.45) is -0.576. The third-order valence-electron chi connectivity index (χ3n) is 3.03. The summed E-state index contributed by atoms with van der Waals surface area (Å²) in [4.78, 5) is 0. The molecule has 20 heavy (non-hydrogen) atoms. The first-order valence-corrected chi connectivity index (χ1v) is 6.91. The Bertz CT molecular complexity index is 572. The van der Waals surface area contributed by atoms with Crippen LogP contribution < -0.4 is 10.6 Å². The lowest BCUT2D eigenvalue weighted by Gasteiger charge is -2.15. The standard InChI is InChI=1S/C16H18N2OS/c1-12-7-5-6-10-14(12)18-16(20)17-11-15(19)13-8-3-2-4-9-13/h2-10,15,19H,11H2,1H3,(H2,17,18,20)/t15-/m0/s1. The molecule has 1 atom stereocenters. The van der Waals surface area contributed by atoms with Crippen LogP contribution in [0.1, 0.15) is 17.2 Å². The second kappa shape index (κ2) is 7.03. The number of aliphatic hydroxyl groups excluding tert-OH is 1. The van der Waals surface area contributed by atoms with Gasteiger partial charge in [-0.05, 0) is 36.3 Å². The number of hydrogen-bond acceptors (Lipinski definition) is 2. The lowest BCUT2D eigenvalue weighted by Crippen LogP contribution is -2.32. The molecule has 2 aromatic rings. The molecule has 0 bridgehead atoms. The maximum absolute atomic E-state index is 10.0. The van der Waals surface area contributed by atoms with Crippen LogP contribution in [-0.2, 0) is 0 Å². The van der Waals surface area contributed by atoms with Crippen LogP contribution in [-0.4, -0.2) is 16.8 Å². The van der Waals surface area contributed by atoms with Crippen LogP contribution in [0.2, 0.25) is 0 Å². The average Bonchev–Trinajstić information content (AvgIpc) is 2.48. The van der Waals surface area contributed by atoms with Crippen molar-refractivity contribution in [2.24, 2.45) is 0 Å². The highest BCUT2D eigenvalue weighted by Crippen LogP contribution is 2.13. The van der Waals surface area contributed by atoms with E-state index in [0.29, 0.717) is 11.7 Å². The molecule has 0 amide bonds. The molecular formula is C16H18N2OS. The molecule has 0 saturated carbocycles. The summed E-state index contributed by atoms with van der Waals surface area (Å²) < 4.78 is 0. The molecule has 0 aliphatic rings. The van der Waals surface area contributed by atoms with Crippen molar-refractivity contribution >= 4 is 23.0 Å². The van der Waals surface area contributed by atoms with Crippen molar-refractivity contribution < 1.29 is 5.11 Å². The maximum atomic E-state index is 10.0. The smallest absolute Gasteiger partial charge is 0.170 e. The zero-order valence-electron chi connectivity index (χ0n) is 11.3. The number of aliphatic hydroxyl groups is 1. The molecule has 0 heterocycles. The van der Waals surface area contributed by atoms with Crippen molar-refractivity contribution in [2.75, 3.05) is 11.9 Å². The number of hydrogen-bond donors (Lipinski definition) is 3. The largest absolute Gasteiger partial charge is 0.387 e. The van der Waals surface area contributed by atoms with Crippen LogP contribution in [0.5, 0.6) is 0 Å². The van der Waals surface area contributed by atoms with Gasteiger partial charge in [0.25, 0.3) is 0 Å². The minimum Gasteiger partial charge on any atom is -0.387 e. The third-order valence-corrected chi connectivity index (χ3v) is 3.28. The summed E-state index contributed by atoms with van der Waals surface area (Å²) in [6.45, 7) is 2.39. The molecule has 0 unspecified atom stereocenters. The van der Waals surface area contributed by atoms with E-state index in [9.17, 15) is 5.11 Å². The number of rotatable bonds is 4. The van der Waals surface area contributed by atoms with Crippen molar-refractivity contribution in [1.29, 1.82) is 0 Å². The Labute approximate surface area is 124 Å². The minimum atomic E-state index is -0.576. The second-order valence-corrected chi connectivity index (χ2v) is 4.98. The van der Waals surface area contributed by atoms with Crippen molar-refractivity contribution in [3.63, 3.8) is 0 Å². The second-order valence-electron chi connectivity index (χ2n) is 4.58. The van der Waals surface area contributed by atoms with E-state index in [1.807, 2.05) is 61.5 Å². The number of para-hydroxylation sites is 1. The Morgan fingerprint density at radius 2 is 1.75 bits per heavy atom. The van der Waals surface area contributed by atoms with Crippen LogP contribution in [0.25, 0.3) is 0 Å². The fraction of sp³-hybridized carbons (Fsp3) is 0.188. The van der Waals surface area contributed by atoms with Crippen LogP contribution in [0.3, 0.4) is 0 Å². The third kappa shape index (κ3) is 4.05. The van der Waals surface area contributed by atoms with Crippen molar-refractivity contribution in [2.45, 2.75) is 13.0 Å². The Morgan fingerprint density at radius 3 is 2.45 bits per heavy atom. The maximum Gasteiger partial charge on any atom is 0.170 e. The molecule has 0 aliphatic carbocycles. The molecule has 2 rings (SSSR count). The highest BCUT2D eigenvalue weighted by Gasteiger charge is 2.07. The molecule has 4 heteroatoms. The van der Waals surface area contributed by atoms with E-state index in [4.69, 9.17) is 12.2 Å². The van der Waals surface area contributed by atoms with Gasteiger partial charge in [0, 0.05) is 12.2 Å². The zero-order chi connectivity index (χ0) is 14.4. The lowest BCUT2D eigenvalue weighted by atomic mass is 10.1. The van der Waals surface area contributed by atoms with Gasteiger partial charge < -0.3 is 15.7 Å². The normalized spacial score (nSPS) is 11.7. The zero-order valence-corrected chi connectivity index (χ0v) is 12.2. The fourth-order valence-electron chi connectivity index (χ4n) is 1.86. The summed E-state index contributed by atoms with van der Waals surface area (Å²) in [5, 5.41) is 16.7. The van der Waals surface area contributed by atoms with E-state index in [-0.39, 0.29) is 0 Å². The molecule has 104 valence electrons. The summed E-state index contributed by atoms with van der Waals surface area (Å²) in [6, 6.07) is 17.4. The molecule has 3 nitrogen and oxygen atoms in total. The molecule has 0 aromatic heterocycles. The molecular weight excluding hydrogens is 268 g/mol.